The van der Waals surface area contributed by atoms with Crippen molar-refractivity contribution in [2.24, 2.45) is 17.3 Å². The van der Waals surface area contributed by atoms with Gasteiger partial charge in [-0.2, -0.15) is 0 Å². The molecule has 4 aliphatic carbocycles. The number of hydrogen-bond donors (Lipinski definition) is 1. The van der Waals surface area contributed by atoms with Crippen LogP contribution in [0, 0.1) is 17.3 Å². The maximum absolute atomic E-state index is 12.9. The van der Waals surface area contributed by atoms with Gasteiger partial charge in [0.2, 0.25) is 5.91 Å². The summed E-state index contributed by atoms with van der Waals surface area (Å²) >= 11 is 1.28. The van der Waals surface area contributed by atoms with Crippen molar-refractivity contribution in [3.63, 3.8) is 0 Å². The normalized spacial score (nSPS) is 37.6. The molecule has 1 aliphatic heterocycles. The molecule has 0 aromatic rings. The fraction of sp³-hybridized carbons (Fsp3) is 0.750. The first kappa shape index (κ1) is 19.8. The fourth-order valence-electron chi connectivity index (χ4n) is 5.89. The van der Waals surface area contributed by atoms with Crippen molar-refractivity contribution in [3.8, 4) is 0 Å². The number of hydrogen-bond acceptors (Lipinski definition) is 7. The zero-order chi connectivity index (χ0) is 19.9. The highest BCUT2D eigenvalue weighted by molar-refractivity contribution is 8.04. The molecule has 1 saturated heterocycles. The standard InChI is InChI=1S/C20H27NO6S/c1-2-26-17(23)6-16-21(15(22)11-28-16)3-4-27-18(24)19-7-13-5-14(8-19)10-20(25,9-13)12-19/h6,13-14,25H,2-5,7-12H2,1H3/b16-6-/t13-,14+,19?,20?. The van der Waals surface area contributed by atoms with Gasteiger partial charge in [0.1, 0.15) is 6.61 Å². The van der Waals surface area contributed by atoms with Gasteiger partial charge in [-0.05, 0) is 57.3 Å². The SMILES string of the molecule is CCOC(=O)/C=C1\SCC(=O)N1CCOC(=O)C12C[C@@H]3C[C@@H](CC(O)(C3)C1)C2. The number of thioether (sulfide) groups is 1. The van der Waals surface area contributed by atoms with Gasteiger partial charge in [-0.25, -0.2) is 4.79 Å². The Bertz CT molecular complexity index is 705. The quantitative estimate of drug-likeness (QED) is 0.528. The maximum atomic E-state index is 12.9. The predicted octanol–water partition coefficient (Wildman–Crippen LogP) is 1.84. The molecule has 5 fully saturated rings. The second-order valence-corrected chi connectivity index (χ2v) is 9.67. The van der Waals surface area contributed by atoms with Crippen molar-refractivity contribution in [1.82, 2.24) is 4.90 Å². The highest BCUT2D eigenvalue weighted by Crippen LogP contribution is 2.61. The summed E-state index contributed by atoms with van der Waals surface area (Å²) in [4.78, 5) is 38.1. The Morgan fingerprint density at radius 1 is 1.25 bits per heavy atom. The van der Waals surface area contributed by atoms with Crippen LogP contribution in [0.5, 0.6) is 0 Å². The van der Waals surface area contributed by atoms with Gasteiger partial charge in [0, 0.05) is 0 Å². The smallest absolute Gasteiger partial charge is 0.333 e. The van der Waals surface area contributed by atoms with Crippen molar-refractivity contribution in [1.29, 1.82) is 0 Å². The number of carbonyl (C=O) groups excluding carboxylic acids is 3. The molecule has 5 rings (SSSR count). The van der Waals surface area contributed by atoms with Crippen LogP contribution in [0.15, 0.2) is 11.1 Å². The van der Waals surface area contributed by atoms with E-state index in [9.17, 15) is 19.5 Å². The molecule has 4 saturated carbocycles. The zero-order valence-corrected chi connectivity index (χ0v) is 17.0. The minimum absolute atomic E-state index is 0.0841. The fourth-order valence-corrected chi connectivity index (χ4v) is 6.85. The third-order valence-corrected chi connectivity index (χ3v) is 7.48. The molecule has 28 heavy (non-hydrogen) atoms. The van der Waals surface area contributed by atoms with Crippen LogP contribution in [0.1, 0.15) is 45.4 Å². The van der Waals surface area contributed by atoms with E-state index in [1.165, 1.54) is 22.7 Å². The topological polar surface area (TPSA) is 93.1 Å². The Morgan fingerprint density at radius 3 is 2.61 bits per heavy atom. The van der Waals surface area contributed by atoms with Crippen LogP contribution in [0.25, 0.3) is 0 Å². The van der Waals surface area contributed by atoms with Gasteiger partial charge < -0.3 is 19.5 Å². The van der Waals surface area contributed by atoms with Crippen molar-refractivity contribution in [2.75, 3.05) is 25.5 Å². The lowest BCUT2D eigenvalue weighted by Gasteiger charge is -2.58. The third kappa shape index (κ3) is 3.68. The Morgan fingerprint density at radius 2 is 1.96 bits per heavy atom. The molecular formula is C20H27NO6S. The van der Waals surface area contributed by atoms with Crippen molar-refractivity contribution in [3.05, 3.63) is 11.1 Å². The first-order valence-corrected chi connectivity index (χ1v) is 11.0. The molecule has 2 unspecified atom stereocenters. The lowest BCUT2D eigenvalue weighted by molar-refractivity contribution is -0.196. The number of aliphatic hydroxyl groups is 1. The van der Waals surface area contributed by atoms with Gasteiger partial charge in [0.05, 0.1) is 41.0 Å². The summed E-state index contributed by atoms with van der Waals surface area (Å²) in [5, 5.41) is 11.3. The maximum Gasteiger partial charge on any atom is 0.333 e. The Kier molecular flexibility index (Phi) is 5.20. The second kappa shape index (κ2) is 7.37. The van der Waals surface area contributed by atoms with E-state index in [1.807, 2.05) is 0 Å². The first-order valence-electron chi connectivity index (χ1n) is 10.0. The lowest BCUT2D eigenvalue weighted by Crippen LogP contribution is -2.58. The Labute approximate surface area is 168 Å². The molecule has 4 atom stereocenters. The molecule has 154 valence electrons. The molecule has 8 heteroatoms. The van der Waals surface area contributed by atoms with E-state index in [-0.39, 0.29) is 37.4 Å². The van der Waals surface area contributed by atoms with Crippen LogP contribution in [-0.4, -0.2) is 59.0 Å². The van der Waals surface area contributed by atoms with Crippen LogP contribution in [-0.2, 0) is 23.9 Å². The highest BCUT2D eigenvalue weighted by atomic mass is 32.2. The average Bonchev–Trinajstić information content (AvgIpc) is 2.93. The molecule has 0 radical (unpaired) electrons. The van der Waals surface area contributed by atoms with E-state index in [0.29, 0.717) is 23.3 Å². The number of ether oxygens (including phenoxy) is 2. The van der Waals surface area contributed by atoms with E-state index in [4.69, 9.17) is 9.47 Å². The molecule has 0 aromatic heterocycles. The van der Waals surface area contributed by atoms with E-state index >= 15 is 0 Å². The first-order chi connectivity index (χ1) is 13.3. The summed E-state index contributed by atoms with van der Waals surface area (Å²) in [5.74, 6) is 0.253. The van der Waals surface area contributed by atoms with Gasteiger partial charge >= 0.3 is 11.9 Å². The Balaban J connectivity index is 1.35. The molecule has 0 spiro atoms. The molecule has 0 aromatic carbocycles. The van der Waals surface area contributed by atoms with E-state index < -0.39 is 17.0 Å². The number of esters is 2. The third-order valence-electron chi connectivity index (χ3n) is 6.45. The molecule has 1 heterocycles. The van der Waals surface area contributed by atoms with Crippen LogP contribution in [0.3, 0.4) is 0 Å². The number of amides is 1. The second-order valence-electron chi connectivity index (χ2n) is 8.67. The summed E-state index contributed by atoms with van der Waals surface area (Å²) in [7, 11) is 0. The van der Waals surface area contributed by atoms with E-state index in [2.05, 4.69) is 0 Å². The van der Waals surface area contributed by atoms with Crippen molar-refractivity contribution < 1.29 is 29.0 Å². The van der Waals surface area contributed by atoms with Crippen LogP contribution in [0.2, 0.25) is 0 Å². The van der Waals surface area contributed by atoms with Gasteiger partial charge in [0.15, 0.2) is 0 Å². The monoisotopic (exact) mass is 409 g/mol. The molecule has 5 aliphatic rings. The molecule has 4 bridgehead atoms. The van der Waals surface area contributed by atoms with E-state index in [1.54, 1.807) is 6.92 Å². The number of rotatable bonds is 6. The minimum Gasteiger partial charge on any atom is -0.463 e. The zero-order valence-electron chi connectivity index (χ0n) is 16.1. The van der Waals surface area contributed by atoms with Gasteiger partial charge in [-0.3, -0.25) is 9.59 Å². The summed E-state index contributed by atoms with van der Waals surface area (Å²) in [6.45, 7) is 2.30. The number of nitrogens with zero attached hydrogens (tertiary/aromatic N) is 1. The summed E-state index contributed by atoms with van der Waals surface area (Å²) in [6.07, 6.45) is 6.14. The highest BCUT2D eigenvalue weighted by Gasteiger charge is 2.60. The summed E-state index contributed by atoms with van der Waals surface area (Å²) < 4.78 is 10.5. The molecule has 7 nitrogen and oxygen atoms in total. The van der Waals surface area contributed by atoms with Gasteiger partial charge in [-0.1, -0.05) is 11.8 Å². The lowest BCUT2D eigenvalue weighted by atomic mass is 9.48. The van der Waals surface area contributed by atoms with Crippen LogP contribution >= 0.6 is 11.8 Å². The van der Waals surface area contributed by atoms with Crippen LogP contribution < -0.4 is 0 Å². The average molecular weight is 410 g/mol. The van der Waals surface area contributed by atoms with Crippen LogP contribution in [0.4, 0.5) is 0 Å². The molecule has 1 amide bonds. The molecule has 1 N–H and O–H groups in total. The number of carbonyl (C=O) groups is 3. The van der Waals surface area contributed by atoms with E-state index in [0.717, 1.165) is 32.1 Å². The largest absolute Gasteiger partial charge is 0.463 e. The minimum atomic E-state index is -0.708. The summed E-state index contributed by atoms with van der Waals surface area (Å²) in [5.41, 5.74) is -1.27. The van der Waals surface area contributed by atoms with Gasteiger partial charge in [-0.15, -0.1) is 0 Å². The predicted molar refractivity (Wildman–Crippen MR) is 102 cm³/mol. The van der Waals surface area contributed by atoms with Crippen molar-refractivity contribution in [2.45, 2.75) is 51.0 Å². The van der Waals surface area contributed by atoms with Crippen molar-refractivity contribution >= 4 is 29.6 Å². The molecular weight excluding hydrogens is 382 g/mol. The van der Waals surface area contributed by atoms with Gasteiger partial charge in [0.25, 0.3) is 0 Å². The summed E-state index contributed by atoms with van der Waals surface area (Å²) in [6, 6.07) is 0. The Hall–Kier alpha value is -1.54.